The highest BCUT2D eigenvalue weighted by atomic mass is 35.5. The summed E-state index contributed by atoms with van der Waals surface area (Å²) >= 11 is 11.8. The smallest absolute Gasteiger partial charge is 0.153 e. The minimum atomic E-state index is 0.502. The second kappa shape index (κ2) is 5.76. The summed E-state index contributed by atoms with van der Waals surface area (Å²) in [6.45, 7) is 0. The second-order valence-electron chi connectivity index (χ2n) is 4.53. The Kier molecular flexibility index (Phi) is 3.82. The lowest BCUT2D eigenvalue weighted by molar-refractivity contribution is 0.112. The van der Waals surface area contributed by atoms with Gasteiger partial charge in [0.15, 0.2) is 6.29 Å². The number of aldehydes is 1. The van der Waals surface area contributed by atoms with E-state index in [4.69, 9.17) is 27.6 Å². The predicted octanol–water partition coefficient (Wildman–Crippen LogP) is 5.73. The third-order valence-corrected chi connectivity index (χ3v) is 3.63. The summed E-state index contributed by atoms with van der Waals surface area (Å²) in [5.74, 6) is 1.16. The highest BCUT2D eigenvalue weighted by Gasteiger charge is 2.14. The van der Waals surface area contributed by atoms with E-state index in [1.165, 1.54) is 0 Å². The fourth-order valence-electron chi connectivity index (χ4n) is 2.08. The zero-order chi connectivity index (χ0) is 14.8. The SMILES string of the molecule is O=Cc1cc(-c2ccc(Cl)cc2)oc1-c1ccc(Cl)cc1. The first-order chi connectivity index (χ1) is 10.2. The summed E-state index contributed by atoms with van der Waals surface area (Å²) in [5, 5.41) is 1.29. The first kappa shape index (κ1) is 13.9. The van der Waals surface area contributed by atoms with Crippen LogP contribution in [-0.4, -0.2) is 6.29 Å². The maximum absolute atomic E-state index is 11.3. The number of carbonyl (C=O) groups is 1. The maximum Gasteiger partial charge on any atom is 0.153 e. The molecular formula is C17H10Cl2O2. The van der Waals surface area contributed by atoms with Crippen LogP contribution in [-0.2, 0) is 0 Å². The van der Waals surface area contributed by atoms with Gasteiger partial charge in [0.1, 0.15) is 11.5 Å². The third kappa shape index (κ3) is 2.87. The molecule has 0 aliphatic heterocycles. The van der Waals surface area contributed by atoms with Gasteiger partial charge in [-0.3, -0.25) is 4.79 Å². The molecule has 3 aromatic rings. The molecule has 0 fully saturated rings. The van der Waals surface area contributed by atoms with Crippen LogP contribution in [0.5, 0.6) is 0 Å². The molecule has 0 spiro atoms. The van der Waals surface area contributed by atoms with Crippen LogP contribution in [0.4, 0.5) is 0 Å². The first-order valence-electron chi connectivity index (χ1n) is 6.28. The van der Waals surface area contributed by atoms with Crippen molar-refractivity contribution in [3.05, 3.63) is 70.2 Å². The molecule has 2 nitrogen and oxygen atoms in total. The maximum atomic E-state index is 11.3. The van der Waals surface area contributed by atoms with Gasteiger partial charge in [-0.05, 0) is 54.6 Å². The summed E-state index contributed by atoms with van der Waals surface area (Å²) in [6, 6.07) is 16.1. The van der Waals surface area contributed by atoms with Gasteiger partial charge < -0.3 is 4.42 Å². The molecule has 1 aromatic heterocycles. The second-order valence-corrected chi connectivity index (χ2v) is 5.40. The number of hydrogen-bond donors (Lipinski definition) is 0. The van der Waals surface area contributed by atoms with Gasteiger partial charge in [0, 0.05) is 21.2 Å². The average Bonchev–Trinajstić information content (AvgIpc) is 2.93. The quantitative estimate of drug-likeness (QED) is 0.577. The summed E-state index contributed by atoms with van der Waals surface area (Å²) in [7, 11) is 0. The lowest BCUT2D eigenvalue weighted by Crippen LogP contribution is -1.80. The molecule has 0 radical (unpaired) electrons. The zero-order valence-electron chi connectivity index (χ0n) is 10.8. The highest BCUT2D eigenvalue weighted by Crippen LogP contribution is 2.32. The Morgan fingerprint density at radius 3 is 1.86 bits per heavy atom. The monoisotopic (exact) mass is 316 g/mol. The van der Waals surface area contributed by atoms with Crippen LogP contribution < -0.4 is 0 Å². The van der Waals surface area contributed by atoms with Gasteiger partial charge in [0.25, 0.3) is 0 Å². The van der Waals surface area contributed by atoms with E-state index in [9.17, 15) is 4.79 Å². The van der Waals surface area contributed by atoms with Crippen LogP contribution in [0.3, 0.4) is 0 Å². The van der Waals surface area contributed by atoms with E-state index in [1.807, 2.05) is 24.3 Å². The molecule has 0 unspecified atom stereocenters. The summed E-state index contributed by atoms with van der Waals surface area (Å²) in [6.07, 6.45) is 0.785. The molecule has 0 amide bonds. The van der Waals surface area contributed by atoms with E-state index in [2.05, 4.69) is 0 Å². The van der Waals surface area contributed by atoms with Crippen LogP contribution in [0.15, 0.2) is 59.0 Å². The highest BCUT2D eigenvalue weighted by molar-refractivity contribution is 6.30. The molecule has 2 aromatic carbocycles. The number of rotatable bonds is 3. The topological polar surface area (TPSA) is 30.2 Å². The van der Waals surface area contributed by atoms with E-state index in [0.717, 1.165) is 17.4 Å². The molecule has 0 saturated heterocycles. The summed E-state index contributed by atoms with van der Waals surface area (Å²) in [4.78, 5) is 11.3. The van der Waals surface area contributed by atoms with E-state index in [1.54, 1.807) is 30.3 Å². The largest absolute Gasteiger partial charge is 0.455 e. The van der Waals surface area contributed by atoms with Gasteiger partial charge in [-0.2, -0.15) is 0 Å². The van der Waals surface area contributed by atoms with Crippen molar-refractivity contribution in [1.82, 2.24) is 0 Å². The Balaban J connectivity index is 2.08. The van der Waals surface area contributed by atoms with E-state index >= 15 is 0 Å². The van der Waals surface area contributed by atoms with Crippen molar-refractivity contribution in [3.63, 3.8) is 0 Å². The molecular weight excluding hydrogens is 307 g/mol. The van der Waals surface area contributed by atoms with Crippen LogP contribution in [0.2, 0.25) is 10.0 Å². The van der Waals surface area contributed by atoms with Gasteiger partial charge >= 0.3 is 0 Å². The van der Waals surface area contributed by atoms with Crippen molar-refractivity contribution < 1.29 is 9.21 Å². The third-order valence-electron chi connectivity index (χ3n) is 3.12. The zero-order valence-corrected chi connectivity index (χ0v) is 12.4. The van der Waals surface area contributed by atoms with Crippen molar-refractivity contribution in [2.75, 3.05) is 0 Å². The van der Waals surface area contributed by atoms with E-state index in [0.29, 0.717) is 27.1 Å². The van der Waals surface area contributed by atoms with Gasteiger partial charge in [-0.1, -0.05) is 23.2 Å². The number of hydrogen-bond acceptors (Lipinski definition) is 2. The molecule has 4 heteroatoms. The van der Waals surface area contributed by atoms with Crippen LogP contribution in [0.25, 0.3) is 22.6 Å². The number of furan rings is 1. The Morgan fingerprint density at radius 1 is 0.810 bits per heavy atom. The van der Waals surface area contributed by atoms with Gasteiger partial charge in [0.2, 0.25) is 0 Å². The van der Waals surface area contributed by atoms with Crippen LogP contribution >= 0.6 is 23.2 Å². The predicted molar refractivity (Wildman–Crippen MR) is 85.0 cm³/mol. The molecule has 0 aliphatic carbocycles. The standard InChI is InChI=1S/C17H10Cl2O2/c18-14-5-1-11(2-6-14)16-9-13(10-20)17(21-16)12-3-7-15(19)8-4-12/h1-10H. The molecule has 3 rings (SSSR count). The Morgan fingerprint density at radius 2 is 1.33 bits per heavy atom. The molecule has 0 atom stereocenters. The van der Waals surface area contributed by atoms with Crippen molar-refractivity contribution in [2.24, 2.45) is 0 Å². The molecule has 0 bridgehead atoms. The lowest BCUT2D eigenvalue weighted by Gasteiger charge is -1.99. The van der Waals surface area contributed by atoms with E-state index < -0.39 is 0 Å². The fraction of sp³-hybridized carbons (Fsp3) is 0. The van der Waals surface area contributed by atoms with Crippen LogP contribution in [0, 0.1) is 0 Å². The molecule has 1 heterocycles. The fourth-order valence-corrected chi connectivity index (χ4v) is 2.33. The van der Waals surface area contributed by atoms with Crippen molar-refractivity contribution in [2.45, 2.75) is 0 Å². The molecule has 0 saturated carbocycles. The van der Waals surface area contributed by atoms with Gasteiger partial charge in [0.05, 0.1) is 5.56 Å². The van der Waals surface area contributed by atoms with Crippen molar-refractivity contribution in [1.29, 1.82) is 0 Å². The van der Waals surface area contributed by atoms with Crippen molar-refractivity contribution >= 4 is 29.5 Å². The normalized spacial score (nSPS) is 10.6. The lowest BCUT2D eigenvalue weighted by atomic mass is 10.1. The minimum Gasteiger partial charge on any atom is -0.455 e. The van der Waals surface area contributed by atoms with Crippen molar-refractivity contribution in [3.8, 4) is 22.6 Å². The average molecular weight is 317 g/mol. The minimum absolute atomic E-state index is 0.502. The first-order valence-corrected chi connectivity index (χ1v) is 7.04. The Bertz CT molecular complexity index is 772. The number of halogens is 2. The Labute approximate surface area is 131 Å². The molecule has 0 aliphatic rings. The van der Waals surface area contributed by atoms with Gasteiger partial charge in [-0.15, -0.1) is 0 Å². The molecule has 104 valence electrons. The number of benzene rings is 2. The summed E-state index contributed by atoms with van der Waals surface area (Å²) in [5.41, 5.74) is 2.17. The number of carbonyl (C=O) groups excluding carboxylic acids is 1. The molecule has 0 N–H and O–H groups in total. The van der Waals surface area contributed by atoms with Gasteiger partial charge in [-0.25, -0.2) is 0 Å². The van der Waals surface area contributed by atoms with Crippen LogP contribution in [0.1, 0.15) is 10.4 Å². The molecule has 21 heavy (non-hydrogen) atoms. The van der Waals surface area contributed by atoms with E-state index in [-0.39, 0.29) is 0 Å². The summed E-state index contributed by atoms with van der Waals surface area (Å²) < 4.78 is 5.84. The Hall–Kier alpha value is -2.03.